The fourth-order valence-electron chi connectivity index (χ4n) is 1.31. The van der Waals surface area contributed by atoms with E-state index in [1.54, 1.807) is 0 Å². The van der Waals surface area contributed by atoms with Gasteiger partial charge in [0, 0.05) is 0 Å². The third-order valence-electron chi connectivity index (χ3n) is 2.24. The number of hydrogen-bond donors (Lipinski definition) is 2. The molecule has 0 aliphatic heterocycles. The van der Waals surface area contributed by atoms with E-state index >= 15 is 0 Å². The Labute approximate surface area is 95.0 Å². The third-order valence-corrected chi connectivity index (χ3v) is 2.24. The minimum atomic E-state index is -1.01. The van der Waals surface area contributed by atoms with E-state index in [0.717, 1.165) is 12.1 Å². The first kappa shape index (κ1) is 12.5. The molecule has 0 unspecified atom stereocenters. The molecule has 3 nitrogen and oxygen atoms in total. The number of rotatable bonds is 6. The molecule has 0 aliphatic carbocycles. The average Bonchev–Trinajstić information content (AvgIpc) is 2.34. The Morgan fingerprint density at radius 1 is 1.31 bits per heavy atom. The monoisotopic (exact) mass is 224 g/mol. The molecule has 0 saturated carbocycles. The van der Waals surface area contributed by atoms with Gasteiger partial charge >= 0.3 is 0 Å². The Kier molecular flexibility index (Phi) is 5.32. The van der Waals surface area contributed by atoms with E-state index < -0.39 is 12.6 Å². The van der Waals surface area contributed by atoms with Crippen LogP contribution in [0.3, 0.4) is 0 Å². The van der Waals surface area contributed by atoms with Crippen molar-refractivity contribution < 1.29 is 9.18 Å². The Bertz CT molecular complexity index is 324. The van der Waals surface area contributed by atoms with E-state index in [-0.39, 0.29) is 0 Å². The molecule has 0 aromatic heterocycles. The zero-order chi connectivity index (χ0) is 11.8. The largest absolute Gasteiger partial charge is 0.299 e. The van der Waals surface area contributed by atoms with Crippen molar-refractivity contribution in [2.75, 3.05) is 12.1 Å². The zero-order valence-corrected chi connectivity index (χ0v) is 9.42. The minimum absolute atomic E-state index is 0.671. The number of amides is 1. The number of benzene rings is 1. The van der Waals surface area contributed by atoms with Crippen molar-refractivity contribution in [2.45, 2.75) is 26.2 Å². The Hall–Kier alpha value is -1.58. The molecule has 2 N–H and O–H groups in total. The summed E-state index contributed by atoms with van der Waals surface area (Å²) in [5.74, 6) is -0.671. The molecule has 0 spiro atoms. The van der Waals surface area contributed by atoms with Crippen LogP contribution < -0.4 is 10.9 Å². The van der Waals surface area contributed by atoms with Gasteiger partial charge in [-0.1, -0.05) is 25.5 Å². The number of unbranched alkanes of at least 4 members (excludes halogenated alkanes) is 1. The summed E-state index contributed by atoms with van der Waals surface area (Å²) >= 11 is 0. The molecule has 16 heavy (non-hydrogen) atoms. The maximum Gasteiger partial charge on any atom is 0.269 e. The second-order valence-corrected chi connectivity index (χ2v) is 3.61. The van der Waals surface area contributed by atoms with Gasteiger partial charge in [0.15, 0.2) is 6.67 Å². The predicted molar refractivity (Wildman–Crippen MR) is 62.8 cm³/mol. The molecular formula is C12H17FN2O. The lowest BCUT2D eigenvalue weighted by Crippen LogP contribution is -2.30. The molecule has 0 aliphatic rings. The van der Waals surface area contributed by atoms with Gasteiger partial charge in [0.25, 0.3) is 5.91 Å². The Morgan fingerprint density at radius 3 is 2.56 bits per heavy atom. The average molecular weight is 224 g/mol. The highest BCUT2D eigenvalue weighted by molar-refractivity contribution is 5.78. The van der Waals surface area contributed by atoms with Gasteiger partial charge in [0.2, 0.25) is 0 Å². The van der Waals surface area contributed by atoms with Gasteiger partial charge in [0.1, 0.15) is 0 Å². The fraction of sp³-hybridized carbons (Fsp3) is 0.417. The Balaban J connectivity index is 2.41. The number of hydrazine groups is 1. The summed E-state index contributed by atoms with van der Waals surface area (Å²) in [6.07, 6.45) is 3.41. The second-order valence-electron chi connectivity index (χ2n) is 3.61. The number of anilines is 1. The van der Waals surface area contributed by atoms with Crippen molar-refractivity contribution in [3.05, 3.63) is 29.8 Å². The van der Waals surface area contributed by atoms with Crippen LogP contribution in [-0.4, -0.2) is 12.6 Å². The number of hydrogen-bond acceptors (Lipinski definition) is 2. The summed E-state index contributed by atoms with van der Waals surface area (Å²) < 4.78 is 11.8. The molecule has 4 heteroatoms. The van der Waals surface area contributed by atoms with Gasteiger partial charge in [0.05, 0.1) is 5.69 Å². The molecular weight excluding hydrogens is 207 g/mol. The number of aryl methyl sites for hydroxylation is 1. The molecule has 1 aromatic carbocycles. The first-order valence-corrected chi connectivity index (χ1v) is 5.46. The number of carbonyl (C=O) groups is 1. The van der Waals surface area contributed by atoms with Gasteiger partial charge < -0.3 is 0 Å². The molecule has 88 valence electrons. The van der Waals surface area contributed by atoms with Crippen LogP contribution in [-0.2, 0) is 11.2 Å². The van der Waals surface area contributed by atoms with Gasteiger partial charge in [-0.25, -0.2) is 4.39 Å². The molecule has 1 aromatic rings. The summed E-state index contributed by atoms with van der Waals surface area (Å²) in [6.45, 7) is 1.14. The summed E-state index contributed by atoms with van der Waals surface area (Å²) in [4.78, 5) is 10.6. The summed E-state index contributed by atoms with van der Waals surface area (Å²) in [5.41, 5.74) is 6.91. The van der Waals surface area contributed by atoms with Crippen molar-refractivity contribution in [3.63, 3.8) is 0 Å². The van der Waals surface area contributed by atoms with Crippen LogP contribution in [0.1, 0.15) is 25.3 Å². The predicted octanol–water partition coefficient (Wildman–Crippen LogP) is 2.44. The molecule has 0 saturated heterocycles. The highest BCUT2D eigenvalue weighted by atomic mass is 19.1. The molecule has 0 radical (unpaired) electrons. The summed E-state index contributed by atoms with van der Waals surface area (Å²) in [7, 11) is 0. The Morgan fingerprint density at radius 2 is 2.00 bits per heavy atom. The first-order chi connectivity index (χ1) is 7.76. The van der Waals surface area contributed by atoms with E-state index in [4.69, 9.17) is 0 Å². The van der Waals surface area contributed by atoms with Crippen molar-refractivity contribution in [2.24, 2.45) is 0 Å². The van der Waals surface area contributed by atoms with Gasteiger partial charge in [-0.15, -0.1) is 0 Å². The second kappa shape index (κ2) is 6.82. The number of carbonyl (C=O) groups excluding carboxylic acids is 1. The van der Waals surface area contributed by atoms with Crippen LogP contribution in [0.25, 0.3) is 0 Å². The fourth-order valence-corrected chi connectivity index (χ4v) is 1.31. The molecule has 0 bridgehead atoms. The summed E-state index contributed by atoms with van der Waals surface area (Å²) in [5, 5.41) is 0. The van der Waals surface area contributed by atoms with Crippen LogP contribution in [0.2, 0.25) is 0 Å². The van der Waals surface area contributed by atoms with E-state index in [1.165, 1.54) is 18.4 Å². The number of alkyl halides is 1. The molecule has 1 rings (SSSR count). The van der Waals surface area contributed by atoms with Gasteiger partial charge in [-0.3, -0.25) is 15.6 Å². The molecule has 0 fully saturated rings. The lowest BCUT2D eigenvalue weighted by Gasteiger charge is -2.07. The molecule has 1 amide bonds. The number of halogens is 1. The van der Waals surface area contributed by atoms with Crippen molar-refractivity contribution in [1.29, 1.82) is 0 Å². The van der Waals surface area contributed by atoms with E-state index in [9.17, 15) is 9.18 Å². The lowest BCUT2D eigenvalue weighted by atomic mass is 10.1. The first-order valence-electron chi connectivity index (χ1n) is 5.46. The van der Waals surface area contributed by atoms with Crippen LogP contribution in [0.5, 0.6) is 0 Å². The quantitative estimate of drug-likeness (QED) is 0.729. The van der Waals surface area contributed by atoms with E-state index in [0.29, 0.717) is 0 Å². The smallest absolute Gasteiger partial charge is 0.269 e. The van der Waals surface area contributed by atoms with Gasteiger partial charge in [-0.05, 0) is 30.5 Å². The van der Waals surface area contributed by atoms with Gasteiger partial charge in [-0.2, -0.15) is 0 Å². The zero-order valence-electron chi connectivity index (χ0n) is 9.42. The topological polar surface area (TPSA) is 41.1 Å². The van der Waals surface area contributed by atoms with Crippen molar-refractivity contribution in [3.8, 4) is 0 Å². The van der Waals surface area contributed by atoms with Crippen LogP contribution in [0, 0.1) is 0 Å². The normalized spacial score (nSPS) is 9.88. The van der Waals surface area contributed by atoms with Crippen LogP contribution in [0.4, 0.5) is 10.1 Å². The van der Waals surface area contributed by atoms with Crippen molar-refractivity contribution >= 4 is 11.6 Å². The van der Waals surface area contributed by atoms with Crippen molar-refractivity contribution in [1.82, 2.24) is 5.43 Å². The van der Waals surface area contributed by atoms with E-state index in [1.807, 2.05) is 24.3 Å². The minimum Gasteiger partial charge on any atom is -0.299 e. The summed E-state index contributed by atoms with van der Waals surface area (Å²) in [6, 6.07) is 7.73. The maximum atomic E-state index is 11.8. The number of nitrogens with one attached hydrogen (secondary N) is 2. The lowest BCUT2D eigenvalue weighted by molar-refractivity contribution is -0.121. The maximum absolute atomic E-state index is 11.8. The highest BCUT2D eigenvalue weighted by Crippen LogP contribution is 2.10. The molecule has 0 atom stereocenters. The SMILES string of the molecule is CCCCc1ccc(NNC(=O)CF)cc1. The highest BCUT2D eigenvalue weighted by Gasteiger charge is 1.98. The third kappa shape index (κ3) is 4.29. The van der Waals surface area contributed by atoms with E-state index in [2.05, 4.69) is 17.8 Å². The standard InChI is InChI=1S/C12H17FN2O/c1-2-3-4-10-5-7-11(8-6-10)14-15-12(16)9-13/h5-8,14H,2-4,9H2,1H3,(H,15,16). The molecule has 0 heterocycles. The van der Waals surface area contributed by atoms with Crippen LogP contribution in [0.15, 0.2) is 24.3 Å². The van der Waals surface area contributed by atoms with Crippen LogP contribution >= 0.6 is 0 Å².